The molecule has 0 N–H and O–H groups in total. The number of rotatable bonds is 4. The first-order valence-electron chi connectivity index (χ1n) is 9.21. The van der Waals surface area contributed by atoms with Crippen LogP contribution in [0.5, 0.6) is 0 Å². The van der Waals surface area contributed by atoms with E-state index in [0.29, 0.717) is 11.8 Å². The molecule has 0 unspecified atom stereocenters. The van der Waals surface area contributed by atoms with Gasteiger partial charge in [-0.1, -0.05) is 0 Å². The topological polar surface area (TPSA) is 63.9 Å². The molecular formula is C19H25N5O. The summed E-state index contributed by atoms with van der Waals surface area (Å²) in [4.78, 5) is 27.9. The molecule has 2 aromatic heterocycles. The van der Waals surface area contributed by atoms with Crippen molar-refractivity contribution >= 4 is 5.82 Å². The van der Waals surface area contributed by atoms with Gasteiger partial charge in [0.1, 0.15) is 12.1 Å². The molecule has 2 aliphatic rings. The van der Waals surface area contributed by atoms with E-state index in [4.69, 9.17) is 0 Å². The summed E-state index contributed by atoms with van der Waals surface area (Å²) in [5.41, 5.74) is 2.87. The number of aryl methyl sites for hydroxylation is 1. The number of hydrogen-bond acceptors (Lipinski definition) is 5. The minimum atomic E-state index is 0.0970. The summed E-state index contributed by atoms with van der Waals surface area (Å²) < 4.78 is 1.78. The zero-order valence-corrected chi connectivity index (χ0v) is 15.0. The minimum Gasteiger partial charge on any atom is -0.356 e. The average molecular weight is 339 g/mol. The van der Waals surface area contributed by atoms with Crippen LogP contribution in [-0.4, -0.2) is 32.6 Å². The largest absolute Gasteiger partial charge is 0.356 e. The second-order valence-corrected chi connectivity index (χ2v) is 7.42. The van der Waals surface area contributed by atoms with Crippen LogP contribution in [0, 0.1) is 19.8 Å². The molecule has 0 spiro atoms. The second-order valence-electron chi connectivity index (χ2n) is 7.42. The highest BCUT2D eigenvalue weighted by molar-refractivity contribution is 5.40. The van der Waals surface area contributed by atoms with Crippen molar-refractivity contribution in [3.05, 3.63) is 46.0 Å². The molecule has 6 nitrogen and oxygen atoms in total. The molecule has 3 heterocycles. The summed E-state index contributed by atoms with van der Waals surface area (Å²) in [5.74, 6) is 2.23. The first kappa shape index (κ1) is 16.2. The summed E-state index contributed by atoms with van der Waals surface area (Å²) in [7, 11) is 0. The van der Waals surface area contributed by atoms with Gasteiger partial charge in [-0.15, -0.1) is 0 Å². The molecule has 1 aliphatic heterocycles. The Labute approximate surface area is 148 Å². The third kappa shape index (κ3) is 3.43. The standard InChI is InChI=1S/C19H25N5O/c1-13-14(2)22-12-24(19(13)25)10-15-5-7-23(8-6-15)18-9-17(16-3-4-16)20-11-21-18/h9,11-12,15-16H,3-8,10H2,1-2H3. The highest BCUT2D eigenvalue weighted by Crippen LogP contribution is 2.39. The lowest BCUT2D eigenvalue weighted by Gasteiger charge is -2.33. The van der Waals surface area contributed by atoms with Gasteiger partial charge in [-0.25, -0.2) is 15.0 Å². The van der Waals surface area contributed by atoms with Crippen LogP contribution in [0.25, 0.3) is 0 Å². The van der Waals surface area contributed by atoms with Gasteiger partial charge in [0.2, 0.25) is 0 Å². The lowest BCUT2D eigenvalue weighted by atomic mass is 9.96. The Morgan fingerprint density at radius 1 is 1.08 bits per heavy atom. The fourth-order valence-electron chi connectivity index (χ4n) is 3.57. The molecule has 2 aromatic rings. The number of hydrogen-bond donors (Lipinski definition) is 0. The summed E-state index contributed by atoms with van der Waals surface area (Å²) in [6.45, 7) is 6.48. The van der Waals surface area contributed by atoms with Crippen molar-refractivity contribution in [2.24, 2.45) is 5.92 Å². The zero-order chi connectivity index (χ0) is 17.4. The van der Waals surface area contributed by atoms with E-state index in [0.717, 1.165) is 49.6 Å². The summed E-state index contributed by atoms with van der Waals surface area (Å²) in [6, 6.07) is 2.16. The van der Waals surface area contributed by atoms with Crippen LogP contribution in [0.1, 0.15) is 48.6 Å². The van der Waals surface area contributed by atoms with Crippen molar-refractivity contribution in [2.75, 3.05) is 18.0 Å². The van der Waals surface area contributed by atoms with Gasteiger partial charge in [0.05, 0.1) is 6.33 Å². The molecule has 6 heteroatoms. The second kappa shape index (κ2) is 6.58. The molecule has 0 bridgehead atoms. The van der Waals surface area contributed by atoms with Crippen LogP contribution in [-0.2, 0) is 6.54 Å². The number of piperidine rings is 1. The van der Waals surface area contributed by atoms with E-state index in [1.165, 1.54) is 18.5 Å². The molecule has 1 aliphatic carbocycles. The van der Waals surface area contributed by atoms with E-state index in [1.807, 2.05) is 13.8 Å². The average Bonchev–Trinajstić information content (AvgIpc) is 3.48. The Bertz CT molecular complexity index is 819. The van der Waals surface area contributed by atoms with Crippen LogP contribution in [0.15, 0.2) is 23.5 Å². The van der Waals surface area contributed by atoms with Crippen LogP contribution in [0.3, 0.4) is 0 Å². The first-order valence-corrected chi connectivity index (χ1v) is 9.21. The van der Waals surface area contributed by atoms with Crippen molar-refractivity contribution in [2.45, 2.75) is 52.0 Å². The smallest absolute Gasteiger partial charge is 0.256 e. The fourth-order valence-corrected chi connectivity index (χ4v) is 3.57. The number of nitrogens with zero attached hydrogens (tertiary/aromatic N) is 5. The van der Waals surface area contributed by atoms with Gasteiger partial charge in [0, 0.05) is 48.6 Å². The van der Waals surface area contributed by atoms with Crippen molar-refractivity contribution in [1.29, 1.82) is 0 Å². The predicted molar refractivity (Wildman–Crippen MR) is 96.9 cm³/mol. The van der Waals surface area contributed by atoms with Gasteiger partial charge >= 0.3 is 0 Å². The molecule has 4 rings (SSSR count). The van der Waals surface area contributed by atoms with Crippen LogP contribution in [0.4, 0.5) is 5.82 Å². The molecule has 0 aromatic carbocycles. The Balaban J connectivity index is 1.39. The van der Waals surface area contributed by atoms with Gasteiger partial charge in [-0.3, -0.25) is 9.36 Å². The summed E-state index contributed by atoms with van der Waals surface area (Å²) >= 11 is 0. The number of anilines is 1. The monoisotopic (exact) mass is 339 g/mol. The zero-order valence-electron chi connectivity index (χ0n) is 15.0. The Hall–Kier alpha value is -2.24. The highest BCUT2D eigenvalue weighted by atomic mass is 16.1. The van der Waals surface area contributed by atoms with E-state index in [1.54, 1.807) is 17.2 Å². The van der Waals surface area contributed by atoms with Crippen molar-refractivity contribution < 1.29 is 0 Å². The maximum Gasteiger partial charge on any atom is 0.256 e. The van der Waals surface area contributed by atoms with Gasteiger partial charge in [-0.05, 0) is 45.4 Å². The van der Waals surface area contributed by atoms with Crippen molar-refractivity contribution in [1.82, 2.24) is 19.5 Å². The molecule has 2 fully saturated rings. The quantitative estimate of drug-likeness (QED) is 0.856. The molecule has 1 saturated carbocycles. The molecular weight excluding hydrogens is 314 g/mol. The third-order valence-corrected chi connectivity index (χ3v) is 5.58. The summed E-state index contributed by atoms with van der Waals surface area (Å²) in [5, 5.41) is 0. The van der Waals surface area contributed by atoms with E-state index < -0.39 is 0 Å². The van der Waals surface area contributed by atoms with Gasteiger partial charge in [-0.2, -0.15) is 0 Å². The normalized spacial score (nSPS) is 18.6. The minimum absolute atomic E-state index is 0.0970. The Morgan fingerprint density at radius 2 is 1.84 bits per heavy atom. The van der Waals surface area contributed by atoms with E-state index in [2.05, 4.69) is 25.9 Å². The summed E-state index contributed by atoms with van der Waals surface area (Å²) in [6.07, 6.45) is 8.07. The lowest BCUT2D eigenvalue weighted by Crippen LogP contribution is -2.37. The SMILES string of the molecule is Cc1ncn(CC2CCN(c3cc(C4CC4)ncn3)CC2)c(=O)c1C. The van der Waals surface area contributed by atoms with E-state index >= 15 is 0 Å². The van der Waals surface area contributed by atoms with Crippen LogP contribution < -0.4 is 10.5 Å². The van der Waals surface area contributed by atoms with Crippen LogP contribution in [0.2, 0.25) is 0 Å². The molecule has 0 atom stereocenters. The Kier molecular flexibility index (Phi) is 4.27. The van der Waals surface area contributed by atoms with Gasteiger partial charge in [0.15, 0.2) is 0 Å². The first-order chi connectivity index (χ1) is 12.1. The molecule has 132 valence electrons. The van der Waals surface area contributed by atoms with E-state index in [9.17, 15) is 4.79 Å². The highest BCUT2D eigenvalue weighted by Gasteiger charge is 2.27. The third-order valence-electron chi connectivity index (χ3n) is 5.58. The van der Waals surface area contributed by atoms with Gasteiger partial charge < -0.3 is 4.90 Å². The fraction of sp³-hybridized carbons (Fsp3) is 0.579. The van der Waals surface area contributed by atoms with Crippen LogP contribution >= 0.6 is 0 Å². The predicted octanol–water partition coefficient (Wildman–Crippen LogP) is 2.44. The molecule has 1 saturated heterocycles. The Morgan fingerprint density at radius 3 is 2.56 bits per heavy atom. The molecule has 0 amide bonds. The van der Waals surface area contributed by atoms with E-state index in [-0.39, 0.29) is 5.56 Å². The lowest BCUT2D eigenvalue weighted by molar-refractivity contribution is 0.349. The van der Waals surface area contributed by atoms with Gasteiger partial charge in [0.25, 0.3) is 5.56 Å². The molecule has 0 radical (unpaired) electrons. The number of aromatic nitrogens is 4. The van der Waals surface area contributed by atoms with Crippen molar-refractivity contribution in [3.63, 3.8) is 0 Å². The van der Waals surface area contributed by atoms with Crippen molar-refractivity contribution in [3.8, 4) is 0 Å². The molecule has 25 heavy (non-hydrogen) atoms. The maximum atomic E-state index is 12.4. The maximum absolute atomic E-state index is 12.4.